The van der Waals surface area contributed by atoms with Gasteiger partial charge in [-0.25, -0.2) is 0 Å². The number of alkyl halides is 6. The number of anilines is 3. The van der Waals surface area contributed by atoms with Gasteiger partial charge in [0, 0.05) is 26.2 Å². The third-order valence-corrected chi connectivity index (χ3v) is 6.20. The average molecular weight is 452 g/mol. The maximum Gasteiger partial charge on any atom is 0.393 e. The van der Waals surface area contributed by atoms with Crippen LogP contribution in [0.2, 0.25) is 0 Å². The van der Waals surface area contributed by atoms with Gasteiger partial charge in [-0.05, 0) is 44.2 Å². The number of nitrogens with two attached hydrogens (primary N) is 1. The molecule has 1 saturated carbocycles. The van der Waals surface area contributed by atoms with Crippen LogP contribution in [0, 0.1) is 11.8 Å². The van der Waals surface area contributed by atoms with Crippen LogP contribution in [-0.2, 0) is 0 Å². The molecule has 0 radical (unpaired) electrons. The summed E-state index contributed by atoms with van der Waals surface area (Å²) in [7, 11) is 1.61. The van der Waals surface area contributed by atoms with Gasteiger partial charge in [-0.15, -0.1) is 0 Å². The van der Waals surface area contributed by atoms with Crippen molar-refractivity contribution in [3.63, 3.8) is 0 Å². The van der Waals surface area contributed by atoms with E-state index >= 15 is 0 Å². The topological polar surface area (TPSA) is 70.4 Å². The van der Waals surface area contributed by atoms with E-state index in [-0.39, 0.29) is 56.4 Å². The van der Waals surface area contributed by atoms with E-state index in [4.69, 9.17) is 5.73 Å². The van der Waals surface area contributed by atoms with E-state index in [2.05, 4.69) is 10.6 Å². The molecule has 1 aromatic rings. The number of hydrogen-bond donors (Lipinski definition) is 3. The van der Waals surface area contributed by atoms with Crippen LogP contribution in [0.15, 0.2) is 12.1 Å². The first-order valence-corrected chi connectivity index (χ1v) is 10.2. The van der Waals surface area contributed by atoms with Crippen LogP contribution in [0.4, 0.5) is 43.4 Å². The second-order valence-corrected chi connectivity index (χ2v) is 8.24. The summed E-state index contributed by atoms with van der Waals surface area (Å²) in [5.41, 5.74) is 7.15. The zero-order valence-corrected chi connectivity index (χ0v) is 17.0. The van der Waals surface area contributed by atoms with Gasteiger partial charge in [-0.3, -0.25) is 4.79 Å². The highest BCUT2D eigenvalue weighted by molar-refractivity contribution is 6.02. The fraction of sp³-hybridized carbons (Fsp3) is 0.650. The molecule has 3 rings (SSSR count). The first-order chi connectivity index (χ1) is 14.4. The van der Waals surface area contributed by atoms with E-state index in [1.807, 2.05) is 0 Å². The third kappa shape index (κ3) is 5.30. The lowest BCUT2D eigenvalue weighted by molar-refractivity contribution is -0.182. The van der Waals surface area contributed by atoms with Crippen LogP contribution >= 0.6 is 0 Å². The highest BCUT2D eigenvalue weighted by Crippen LogP contribution is 2.40. The van der Waals surface area contributed by atoms with Crippen molar-refractivity contribution in [3.05, 3.63) is 17.7 Å². The summed E-state index contributed by atoms with van der Waals surface area (Å²) in [6, 6.07) is 2.52. The summed E-state index contributed by atoms with van der Waals surface area (Å²) < 4.78 is 78.0. The Morgan fingerprint density at radius 2 is 1.61 bits per heavy atom. The van der Waals surface area contributed by atoms with E-state index in [0.29, 0.717) is 11.4 Å². The molecule has 1 amide bonds. The van der Waals surface area contributed by atoms with Gasteiger partial charge >= 0.3 is 12.4 Å². The zero-order valence-electron chi connectivity index (χ0n) is 17.0. The largest absolute Gasteiger partial charge is 0.397 e. The van der Waals surface area contributed by atoms with E-state index in [1.54, 1.807) is 13.1 Å². The van der Waals surface area contributed by atoms with Gasteiger partial charge in [0.1, 0.15) is 0 Å². The number of nitrogen functional groups attached to an aromatic ring is 1. The molecular weight excluding hydrogens is 426 g/mol. The monoisotopic (exact) mass is 452 g/mol. The molecule has 1 heterocycles. The van der Waals surface area contributed by atoms with Crippen LogP contribution in [0.5, 0.6) is 0 Å². The number of hydrogen-bond acceptors (Lipinski definition) is 4. The summed E-state index contributed by atoms with van der Waals surface area (Å²) in [6.45, 7) is -0.137. The van der Waals surface area contributed by atoms with Crippen LogP contribution in [-0.4, -0.2) is 44.4 Å². The van der Waals surface area contributed by atoms with Crippen molar-refractivity contribution in [1.82, 2.24) is 5.32 Å². The van der Waals surface area contributed by atoms with E-state index in [1.165, 1.54) is 11.0 Å². The second-order valence-electron chi connectivity index (χ2n) is 8.24. The number of rotatable bonds is 4. The molecule has 1 atom stereocenters. The zero-order chi connectivity index (χ0) is 23.0. The van der Waals surface area contributed by atoms with E-state index < -0.39 is 36.1 Å². The molecule has 174 valence electrons. The molecule has 1 aliphatic carbocycles. The number of carbonyl (C=O) groups is 1. The highest BCUT2D eigenvalue weighted by atomic mass is 19.4. The molecule has 31 heavy (non-hydrogen) atoms. The molecule has 4 N–H and O–H groups in total. The standard InChI is InChI=1S/C20H26F6N4O/c1-28-16-9-17(30-7-6-12(10-30)20(24,25)26)14(8-15(16)27)18(31)29-13-4-2-11(3-5-13)19(21,22)23/h8-9,11-13,28H,2-7,10,27H2,1H3,(H,29,31). The Morgan fingerprint density at radius 1 is 1.00 bits per heavy atom. The van der Waals surface area contributed by atoms with E-state index in [0.717, 1.165) is 0 Å². The minimum Gasteiger partial charge on any atom is -0.397 e. The summed E-state index contributed by atoms with van der Waals surface area (Å²) in [6.07, 6.45) is -8.41. The van der Waals surface area contributed by atoms with Crippen molar-refractivity contribution in [2.24, 2.45) is 11.8 Å². The van der Waals surface area contributed by atoms with E-state index in [9.17, 15) is 31.1 Å². The maximum absolute atomic E-state index is 13.1. The van der Waals surface area contributed by atoms with Gasteiger partial charge in [-0.1, -0.05) is 0 Å². The van der Waals surface area contributed by atoms with Crippen LogP contribution in [0.3, 0.4) is 0 Å². The number of nitrogens with one attached hydrogen (secondary N) is 2. The summed E-state index contributed by atoms with van der Waals surface area (Å²) >= 11 is 0. The number of amides is 1. The maximum atomic E-state index is 13.1. The SMILES string of the molecule is CNc1cc(N2CCC(C(F)(F)F)C2)c(C(=O)NC2CCC(C(F)(F)F)CC2)cc1N. The number of halogens is 6. The summed E-state index contributed by atoms with van der Waals surface area (Å²) in [5.74, 6) is -3.41. The lowest BCUT2D eigenvalue weighted by Crippen LogP contribution is -2.40. The highest BCUT2D eigenvalue weighted by Gasteiger charge is 2.44. The van der Waals surface area contributed by atoms with Crippen LogP contribution < -0.4 is 21.3 Å². The van der Waals surface area contributed by atoms with Gasteiger partial charge in [0.2, 0.25) is 0 Å². The first-order valence-electron chi connectivity index (χ1n) is 10.2. The molecule has 1 aliphatic heterocycles. The van der Waals surface area contributed by atoms with Crippen LogP contribution in [0.1, 0.15) is 42.5 Å². The fourth-order valence-electron chi connectivity index (χ4n) is 4.34. The Balaban J connectivity index is 1.77. The molecule has 1 aromatic carbocycles. The quantitative estimate of drug-likeness (QED) is 0.463. The number of carbonyl (C=O) groups excluding carboxylic acids is 1. The molecule has 0 aromatic heterocycles. The third-order valence-electron chi connectivity index (χ3n) is 6.20. The van der Waals surface area contributed by atoms with Gasteiger partial charge in [0.15, 0.2) is 0 Å². The molecule has 0 spiro atoms. The molecule has 1 unspecified atom stereocenters. The van der Waals surface area contributed by atoms with Crippen molar-refractivity contribution < 1.29 is 31.1 Å². The molecule has 5 nitrogen and oxygen atoms in total. The van der Waals surface area contributed by atoms with Crippen molar-refractivity contribution >= 4 is 23.0 Å². The smallest absolute Gasteiger partial charge is 0.393 e. The van der Waals surface area contributed by atoms with Crippen molar-refractivity contribution in [2.75, 3.05) is 36.1 Å². The molecule has 11 heteroatoms. The molecule has 2 fully saturated rings. The predicted octanol–water partition coefficient (Wildman–Crippen LogP) is 4.55. The number of nitrogens with zero attached hydrogens (tertiary/aromatic N) is 1. The Morgan fingerprint density at radius 3 is 2.13 bits per heavy atom. The first kappa shape index (κ1) is 23.3. The Bertz CT molecular complexity index is 802. The lowest BCUT2D eigenvalue weighted by atomic mass is 9.85. The predicted molar refractivity (Wildman–Crippen MR) is 106 cm³/mol. The van der Waals surface area contributed by atoms with Gasteiger partial charge in [-0.2, -0.15) is 26.3 Å². The Hall–Kier alpha value is -2.33. The van der Waals surface area contributed by atoms with Gasteiger partial charge in [0.05, 0.1) is 34.5 Å². The molecular formula is C20H26F6N4O. The van der Waals surface area contributed by atoms with Crippen molar-refractivity contribution in [2.45, 2.75) is 50.5 Å². The molecule has 2 aliphatic rings. The van der Waals surface area contributed by atoms with Gasteiger partial charge in [0.25, 0.3) is 5.91 Å². The summed E-state index contributed by atoms with van der Waals surface area (Å²) in [5, 5.41) is 5.60. The average Bonchev–Trinajstić information content (AvgIpc) is 3.18. The molecule has 0 bridgehead atoms. The van der Waals surface area contributed by atoms with Gasteiger partial charge < -0.3 is 21.3 Å². The fourth-order valence-corrected chi connectivity index (χ4v) is 4.34. The minimum atomic E-state index is -4.33. The number of benzene rings is 1. The molecule has 1 saturated heterocycles. The lowest BCUT2D eigenvalue weighted by Gasteiger charge is -2.31. The Labute approximate surface area is 176 Å². The minimum absolute atomic E-state index is 0.0679. The summed E-state index contributed by atoms with van der Waals surface area (Å²) in [4.78, 5) is 14.4. The second kappa shape index (κ2) is 8.66. The van der Waals surface area contributed by atoms with Crippen LogP contribution in [0.25, 0.3) is 0 Å². The van der Waals surface area contributed by atoms with Crippen molar-refractivity contribution in [3.8, 4) is 0 Å². The van der Waals surface area contributed by atoms with Crippen molar-refractivity contribution in [1.29, 1.82) is 0 Å². The normalized spacial score (nSPS) is 24.9. The Kier molecular flexibility index (Phi) is 6.52.